The van der Waals surface area contributed by atoms with Gasteiger partial charge in [0.05, 0.1) is 6.61 Å². The number of hydrogen-bond donors (Lipinski definition) is 0. The van der Waals surface area contributed by atoms with Crippen LogP contribution in [0.2, 0.25) is 0 Å². The molecular formula is C18H26O10. The van der Waals surface area contributed by atoms with Crippen molar-refractivity contribution >= 4 is 12.1 Å². The average molecular weight is 402 g/mol. The maximum Gasteiger partial charge on any atom is 0.508 e. The molecule has 4 saturated heterocycles. The molecule has 28 heavy (non-hydrogen) atoms. The Balaban J connectivity index is 1.48. The lowest BCUT2D eigenvalue weighted by atomic mass is 9.92. The second-order valence-corrected chi connectivity index (χ2v) is 8.69. The van der Waals surface area contributed by atoms with E-state index in [9.17, 15) is 9.59 Å². The van der Waals surface area contributed by atoms with E-state index in [-0.39, 0.29) is 13.2 Å². The van der Waals surface area contributed by atoms with Gasteiger partial charge in [-0.25, -0.2) is 4.79 Å². The van der Waals surface area contributed by atoms with E-state index in [1.807, 2.05) is 13.8 Å². The minimum atomic E-state index is -1.13. The number of rotatable bonds is 3. The molecule has 4 heterocycles. The van der Waals surface area contributed by atoms with E-state index in [0.717, 1.165) is 0 Å². The summed E-state index contributed by atoms with van der Waals surface area (Å²) in [5.41, 5.74) is -1.13. The Hall–Kier alpha value is -1.46. The summed E-state index contributed by atoms with van der Waals surface area (Å²) < 4.78 is 44.7. The molecule has 0 radical (unpaired) electrons. The van der Waals surface area contributed by atoms with Crippen molar-refractivity contribution in [2.24, 2.45) is 5.41 Å². The van der Waals surface area contributed by atoms with Crippen molar-refractivity contribution in [3.8, 4) is 0 Å². The van der Waals surface area contributed by atoms with Gasteiger partial charge in [0, 0.05) is 0 Å². The summed E-state index contributed by atoms with van der Waals surface area (Å²) in [6, 6.07) is 0. The van der Waals surface area contributed by atoms with Crippen molar-refractivity contribution in [1.29, 1.82) is 0 Å². The maximum atomic E-state index is 12.7. The monoisotopic (exact) mass is 402 g/mol. The molecule has 0 aliphatic carbocycles. The molecule has 4 aliphatic rings. The van der Waals surface area contributed by atoms with E-state index in [4.69, 9.17) is 37.9 Å². The van der Waals surface area contributed by atoms with Crippen molar-refractivity contribution < 1.29 is 47.5 Å². The zero-order chi connectivity index (χ0) is 20.3. The van der Waals surface area contributed by atoms with Crippen LogP contribution < -0.4 is 0 Å². The first-order valence-electron chi connectivity index (χ1n) is 9.32. The van der Waals surface area contributed by atoms with Gasteiger partial charge in [-0.3, -0.25) is 4.79 Å². The van der Waals surface area contributed by atoms with Crippen LogP contribution in [0.4, 0.5) is 4.79 Å². The lowest BCUT2D eigenvalue weighted by molar-refractivity contribution is -0.249. The lowest BCUT2D eigenvalue weighted by Crippen LogP contribution is -2.46. The van der Waals surface area contributed by atoms with Gasteiger partial charge in [-0.05, 0) is 34.6 Å². The molecule has 0 N–H and O–H groups in total. The lowest BCUT2D eigenvalue weighted by Gasteiger charge is -2.32. The van der Waals surface area contributed by atoms with Gasteiger partial charge >= 0.3 is 12.1 Å². The fourth-order valence-electron chi connectivity index (χ4n) is 3.75. The Labute approximate surface area is 162 Å². The standard InChI is InChI=1S/C18H26O10/c1-16(2)23-6-9(26-16)10-11-12(28-17(3,4)27-11)13(24-10)25-14(19)18(5)7-21-15(20)22-8-18/h9-13H,6-8H2,1-5H3/t9?,10-,11+,12+,13-/m1/s1. The summed E-state index contributed by atoms with van der Waals surface area (Å²) in [4.78, 5) is 23.8. The van der Waals surface area contributed by atoms with E-state index in [1.54, 1.807) is 20.8 Å². The normalized spacial score (nSPS) is 40.5. The molecule has 0 spiro atoms. The van der Waals surface area contributed by atoms with Gasteiger partial charge in [0.2, 0.25) is 6.29 Å². The summed E-state index contributed by atoms with van der Waals surface area (Å²) in [7, 11) is 0. The highest BCUT2D eigenvalue weighted by Gasteiger charge is 2.61. The number of ether oxygens (including phenoxy) is 8. The average Bonchev–Trinajstić information content (AvgIpc) is 3.21. The number of fused-ring (bicyclic) bond motifs is 1. The van der Waals surface area contributed by atoms with Crippen molar-refractivity contribution in [2.75, 3.05) is 19.8 Å². The predicted octanol–water partition coefficient (Wildman–Crippen LogP) is 1.10. The summed E-state index contributed by atoms with van der Waals surface area (Å²) in [5.74, 6) is -2.20. The first kappa shape index (κ1) is 19.8. The molecule has 5 atom stereocenters. The van der Waals surface area contributed by atoms with Gasteiger partial charge in [-0.1, -0.05) is 0 Å². The Kier molecular flexibility index (Phi) is 4.63. The summed E-state index contributed by atoms with van der Waals surface area (Å²) in [6.07, 6.45) is -3.82. The summed E-state index contributed by atoms with van der Waals surface area (Å²) >= 11 is 0. The smallest absolute Gasteiger partial charge is 0.433 e. The molecule has 4 fully saturated rings. The Morgan fingerprint density at radius 3 is 2.18 bits per heavy atom. The van der Waals surface area contributed by atoms with E-state index < -0.39 is 59.8 Å². The zero-order valence-corrected chi connectivity index (χ0v) is 16.6. The van der Waals surface area contributed by atoms with Crippen molar-refractivity contribution in [1.82, 2.24) is 0 Å². The van der Waals surface area contributed by atoms with Crippen LogP contribution in [0.1, 0.15) is 34.6 Å². The predicted molar refractivity (Wildman–Crippen MR) is 88.9 cm³/mol. The topological polar surface area (TPSA) is 108 Å². The van der Waals surface area contributed by atoms with Gasteiger partial charge in [-0.15, -0.1) is 0 Å². The van der Waals surface area contributed by atoms with Crippen LogP contribution in [0.25, 0.3) is 0 Å². The molecule has 1 unspecified atom stereocenters. The van der Waals surface area contributed by atoms with Crippen LogP contribution >= 0.6 is 0 Å². The maximum absolute atomic E-state index is 12.7. The Bertz CT molecular complexity index is 649. The molecule has 158 valence electrons. The molecule has 0 aromatic carbocycles. The van der Waals surface area contributed by atoms with Gasteiger partial charge < -0.3 is 37.9 Å². The fourth-order valence-corrected chi connectivity index (χ4v) is 3.75. The largest absolute Gasteiger partial charge is 0.508 e. The number of carbonyl (C=O) groups excluding carboxylic acids is 2. The van der Waals surface area contributed by atoms with Crippen molar-refractivity contribution in [3.05, 3.63) is 0 Å². The third-order valence-electron chi connectivity index (χ3n) is 5.18. The van der Waals surface area contributed by atoms with Crippen LogP contribution in [0.3, 0.4) is 0 Å². The van der Waals surface area contributed by atoms with E-state index in [0.29, 0.717) is 6.61 Å². The van der Waals surface area contributed by atoms with E-state index in [1.165, 1.54) is 0 Å². The van der Waals surface area contributed by atoms with Crippen LogP contribution in [0.5, 0.6) is 0 Å². The third kappa shape index (κ3) is 3.59. The van der Waals surface area contributed by atoms with Crippen molar-refractivity contribution in [2.45, 2.75) is 76.9 Å². The van der Waals surface area contributed by atoms with Crippen LogP contribution in [-0.2, 0) is 42.7 Å². The van der Waals surface area contributed by atoms with Gasteiger partial charge in [-0.2, -0.15) is 0 Å². The Morgan fingerprint density at radius 1 is 0.929 bits per heavy atom. The molecule has 4 aliphatic heterocycles. The zero-order valence-electron chi connectivity index (χ0n) is 16.6. The molecule has 0 bridgehead atoms. The van der Waals surface area contributed by atoms with Gasteiger partial charge in [0.1, 0.15) is 36.9 Å². The van der Waals surface area contributed by atoms with E-state index in [2.05, 4.69) is 0 Å². The molecule has 4 rings (SSSR count). The Morgan fingerprint density at radius 2 is 1.57 bits per heavy atom. The molecule has 10 nitrogen and oxygen atoms in total. The highest BCUT2D eigenvalue weighted by Crippen LogP contribution is 2.43. The quantitative estimate of drug-likeness (QED) is 0.637. The second kappa shape index (κ2) is 6.53. The molecular weight excluding hydrogens is 376 g/mol. The molecule has 0 aromatic rings. The highest BCUT2D eigenvalue weighted by atomic mass is 16.8. The molecule has 10 heteroatoms. The number of cyclic esters (lactones) is 2. The van der Waals surface area contributed by atoms with Crippen LogP contribution in [-0.4, -0.2) is 74.2 Å². The number of esters is 1. The van der Waals surface area contributed by atoms with E-state index >= 15 is 0 Å². The van der Waals surface area contributed by atoms with Crippen LogP contribution in [0.15, 0.2) is 0 Å². The minimum Gasteiger partial charge on any atom is -0.433 e. The molecule has 0 aromatic heterocycles. The highest BCUT2D eigenvalue weighted by molar-refractivity contribution is 5.78. The van der Waals surface area contributed by atoms with Gasteiger partial charge in [0.15, 0.2) is 17.7 Å². The first-order chi connectivity index (χ1) is 13.0. The van der Waals surface area contributed by atoms with Crippen LogP contribution in [0, 0.1) is 5.41 Å². The van der Waals surface area contributed by atoms with Gasteiger partial charge in [0.25, 0.3) is 0 Å². The molecule has 0 amide bonds. The second-order valence-electron chi connectivity index (χ2n) is 8.69. The summed E-state index contributed by atoms with van der Waals surface area (Å²) in [6.45, 7) is 8.86. The number of hydrogen-bond acceptors (Lipinski definition) is 10. The first-order valence-corrected chi connectivity index (χ1v) is 9.32. The number of carbonyl (C=O) groups is 2. The molecule has 0 saturated carbocycles. The third-order valence-corrected chi connectivity index (χ3v) is 5.18. The fraction of sp³-hybridized carbons (Fsp3) is 0.889. The van der Waals surface area contributed by atoms with Crippen molar-refractivity contribution in [3.63, 3.8) is 0 Å². The SMILES string of the molecule is CC1(C)OCC([C@H]2O[C@H](OC(=O)C3(C)COC(=O)OC3)[C@H]3OC(C)(C)O[C@H]32)O1. The minimum absolute atomic E-state index is 0.133. The summed E-state index contributed by atoms with van der Waals surface area (Å²) in [5, 5.41) is 0.